The second kappa shape index (κ2) is 6.83. The first-order valence-corrected chi connectivity index (χ1v) is 7.68. The van der Waals surface area contributed by atoms with Gasteiger partial charge in [-0.15, -0.1) is 11.3 Å². The fourth-order valence-corrected chi connectivity index (χ4v) is 2.75. The zero-order chi connectivity index (χ0) is 16.1. The van der Waals surface area contributed by atoms with Gasteiger partial charge in [-0.25, -0.2) is 4.98 Å². The number of nitrogens with one attached hydrogen (secondary N) is 1. The Labute approximate surface area is 137 Å². The molecule has 7 heteroatoms. The third kappa shape index (κ3) is 3.60. The van der Waals surface area contributed by atoms with E-state index in [1.54, 1.807) is 19.2 Å². The van der Waals surface area contributed by atoms with Crippen molar-refractivity contribution in [2.24, 2.45) is 5.11 Å². The van der Waals surface area contributed by atoms with Gasteiger partial charge < -0.3 is 10.1 Å². The monoisotopic (exact) mass is 323 g/mol. The molecule has 0 aliphatic heterocycles. The summed E-state index contributed by atoms with van der Waals surface area (Å²) in [4.78, 5) is 7.33. The molecule has 0 saturated carbocycles. The predicted molar refractivity (Wildman–Crippen MR) is 92.6 cm³/mol. The van der Waals surface area contributed by atoms with Crippen LogP contribution >= 0.6 is 11.3 Å². The van der Waals surface area contributed by atoms with Crippen molar-refractivity contribution in [2.45, 2.75) is 0 Å². The third-order valence-corrected chi connectivity index (χ3v) is 3.93. The standard InChI is InChI=1S/C16H13N5OS/c1-22-14-8-6-12(7-9-14)18-16-19-15(10-23-16)11-2-4-13(5-3-11)20-21-17/h2-10H,1H3,(H,18,19). The topological polar surface area (TPSA) is 82.9 Å². The lowest BCUT2D eigenvalue weighted by Crippen LogP contribution is -1.90. The number of benzene rings is 2. The maximum atomic E-state index is 8.41. The van der Waals surface area contributed by atoms with Crippen molar-refractivity contribution in [3.8, 4) is 17.0 Å². The first-order valence-electron chi connectivity index (χ1n) is 6.80. The second-order valence-electron chi connectivity index (χ2n) is 4.63. The number of methoxy groups -OCH3 is 1. The van der Waals surface area contributed by atoms with Crippen LogP contribution in [0.5, 0.6) is 5.75 Å². The SMILES string of the molecule is COc1ccc(Nc2nc(-c3ccc(N=[N+]=[N-])cc3)cs2)cc1. The quantitative estimate of drug-likeness (QED) is 0.382. The van der Waals surface area contributed by atoms with Crippen LogP contribution in [0.2, 0.25) is 0 Å². The minimum Gasteiger partial charge on any atom is -0.497 e. The first kappa shape index (κ1) is 14.9. The summed E-state index contributed by atoms with van der Waals surface area (Å²) in [6.45, 7) is 0. The second-order valence-corrected chi connectivity index (χ2v) is 5.49. The summed E-state index contributed by atoms with van der Waals surface area (Å²) in [7, 11) is 1.64. The van der Waals surface area contributed by atoms with Crippen molar-refractivity contribution in [1.29, 1.82) is 0 Å². The summed E-state index contributed by atoms with van der Waals surface area (Å²) >= 11 is 1.53. The molecule has 3 aromatic rings. The highest BCUT2D eigenvalue weighted by atomic mass is 32.1. The summed E-state index contributed by atoms with van der Waals surface area (Å²) in [5, 5.41) is 9.61. The molecule has 6 nitrogen and oxygen atoms in total. The molecule has 0 aliphatic rings. The van der Waals surface area contributed by atoms with Gasteiger partial charge in [-0.05, 0) is 29.8 Å². The van der Waals surface area contributed by atoms with Gasteiger partial charge in [-0.3, -0.25) is 0 Å². The number of anilines is 2. The molecule has 0 radical (unpaired) electrons. The zero-order valence-corrected chi connectivity index (χ0v) is 13.1. The summed E-state index contributed by atoms with van der Waals surface area (Å²) in [5.41, 5.74) is 11.8. The Kier molecular flexibility index (Phi) is 4.42. The molecule has 0 aliphatic carbocycles. The molecule has 1 aromatic heterocycles. The normalized spacial score (nSPS) is 9.96. The van der Waals surface area contributed by atoms with E-state index in [1.807, 2.05) is 41.8 Å². The van der Waals surface area contributed by atoms with Crippen molar-refractivity contribution in [2.75, 3.05) is 12.4 Å². The van der Waals surface area contributed by atoms with Crippen LogP contribution in [0, 0.1) is 0 Å². The average Bonchev–Trinajstić information content (AvgIpc) is 3.05. The lowest BCUT2D eigenvalue weighted by Gasteiger charge is -2.04. The van der Waals surface area contributed by atoms with Crippen LogP contribution in [0.1, 0.15) is 0 Å². The highest BCUT2D eigenvalue weighted by molar-refractivity contribution is 7.14. The molecule has 0 spiro atoms. The molecule has 114 valence electrons. The first-order chi connectivity index (χ1) is 11.3. The van der Waals surface area contributed by atoms with Gasteiger partial charge in [-0.2, -0.15) is 0 Å². The molecular formula is C16H13N5OS. The van der Waals surface area contributed by atoms with E-state index in [0.29, 0.717) is 5.69 Å². The zero-order valence-electron chi connectivity index (χ0n) is 12.3. The Balaban J connectivity index is 1.75. The lowest BCUT2D eigenvalue weighted by molar-refractivity contribution is 0.415. The van der Waals surface area contributed by atoms with Gasteiger partial charge in [0, 0.05) is 27.2 Å². The minimum atomic E-state index is 0.586. The maximum absolute atomic E-state index is 8.41. The maximum Gasteiger partial charge on any atom is 0.187 e. The number of azide groups is 1. The number of rotatable bonds is 5. The van der Waals surface area contributed by atoms with Gasteiger partial charge in [0.05, 0.1) is 12.8 Å². The van der Waals surface area contributed by atoms with Gasteiger partial charge in [-0.1, -0.05) is 29.4 Å². The lowest BCUT2D eigenvalue weighted by atomic mass is 10.1. The van der Waals surface area contributed by atoms with Crippen LogP contribution in [0.4, 0.5) is 16.5 Å². The largest absolute Gasteiger partial charge is 0.497 e. The fourth-order valence-electron chi connectivity index (χ4n) is 2.01. The van der Waals surface area contributed by atoms with Gasteiger partial charge in [0.2, 0.25) is 0 Å². The summed E-state index contributed by atoms with van der Waals surface area (Å²) in [5.74, 6) is 0.815. The van der Waals surface area contributed by atoms with E-state index in [1.165, 1.54) is 11.3 Å². The van der Waals surface area contributed by atoms with E-state index in [0.717, 1.165) is 27.8 Å². The molecule has 1 N–H and O–H groups in total. The number of thiazole rings is 1. The van der Waals surface area contributed by atoms with E-state index < -0.39 is 0 Å². The molecule has 1 heterocycles. The van der Waals surface area contributed by atoms with E-state index in [2.05, 4.69) is 20.3 Å². The Hall–Kier alpha value is -3.02. The number of aromatic nitrogens is 1. The number of nitrogens with zero attached hydrogens (tertiary/aromatic N) is 4. The minimum absolute atomic E-state index is 0.586. The number of hydrogen-bond acceptors (Lipinski definition) is 5. The van der Waals surface area contributed by atoms with Crippen molar-refractivity contribution >= 4 is 27.8 Å². The van der Waals surface area contributed by atoms with Crippen LogP contribution in [-0.4, -0.2) is 12.1 Å². The van der Waals surface area contributed by atoms with Crippen molar-refractivity contribution in [3.05, 3.63) is 64.4 Å². The number of hydrogen-bond donors (Lipinski definition) is 1. The molecule has 2 aromatic carbocycles. The van der Waals surface area contributed by atoms with Gasteiger partial charge >= 0.3 is 0 Å². The molecular weight excluding hydrogens is 310 g/mol. The summed E-state index contributed by atoms with van der Waals surface area (Å²) < 4.78 is 5.14. The molecule has 23 heavy (non-hydrogen) atoms. The van der Waals surface area contributed by atoms with E-state index in [9.17, 15) is 0 Å². The molecule has 0 fully saturated rings. The summed E-state index contributed by atoms with van der Waals surface area (Å²) in [6, 6.07) is 15.0. The third-order valence-electron chi connectivity index (χ3n) is 3.17. The molecule has 0 unspecified atom stereocenters. The van der Waals surface area contributed by atoms with Crippen molar-refractivity contribution in [1.82, 2.24) is 4.98 Å². The van der Waals surface area contributed by atoms with E-state index >= 15 is 0 Å². The van der Waals surface area contributed by atoms with Crippen molar-refractivity contribution < 1.29 is 4.74 Å². The van der Waals surface area contributed by atoms with Crippen LogP contribution in [0.15, 0.2) is 59.0 Å². The number of ether oxygens (including phenoxy) is 1. The predicted octanol–water partition coefficient (Wildman–Crippen LogP) is 5.50. The molecule has 0 saturated heterocycles. The Bertz CT molecular complexity index is 836. The molecule has 0 bridgehead atoms. The Morgan fingerprint density at radius 2 is 1.87 bits per heavy atom. The summed E-state index contributed by atoms with van der Waals surface area (Å²) in [6.07, 6.45) is 0. The van der Waals surface area contributed by atoms with Crippen LogP contribution in [-0.2, 0) is 0 Å². The van der Waals surface area contributed by atoms with Gasteiger partial charge in [0.1, 0.15) is 5.75 Å². The highest BCUT2D eigenvalue weighted by Crippen LogP contribution is 2.28. The van der Waals surface area contributed by atoms with Crippen molar-refractivity contribution in [3.63, 3.8) is 0 Å². The van der Waals surface area contributed by atoms with Crippen LogP contribution in [0.3, 0.4) is 0 Å². The Morgan fingerprint density at radius 3 is 2.52 bits per heavy atom. The van der Waals surface area contributed by atoms with Gasteiger partial charge in [0.15, 0.2) is 5.13 Å². The highest BCUT2D eigenvalue weighted by Gasteiger charge is 2.05. The smallest absolute Gasteiger partial charge is 0.187 e. The Morgan fingerprint density at radius 1 is 1.13 bits per heavy atom. The average molecular weight is 323 g/mol. The van der Waals surface area contributed by atoms with Gasteiger partial charge in [0.25, 0.3) is 0 Å². The van der Waals surface area contributed by atoms with E-state index in [4.69, 9.17) is 10.3 Å². The van der Waals surface area contributed by atoms with Crippen LogP contribution in [0.25, 0.3) is 21.7 Å². The fraction of sp³-hybridized carbons (Fsp3) is 0.0625. The van der Waals surface area contributed by atoms with E-state index in [-0.39, 0.29) is 0 Å². The molecule has 0 atom stereocenters. The van der Waals surface area contributed by atoms with Crippen LogP contribution < -0.4 is 10.1 Å². The molecule has 0 amide bonds. The molecule has 3 rings (SSSR count).